The predicted molar refractivity (Wildman–Crippen MR) is 216 cm³/mol. The number of rotatable bonds is 7. The van der Waals surface area contributed by atoms with Gasteiger partial charge in [-0.15, -0.1) is 0 Å². The van der Waals surface area contributed by atoms with Crippen LogP contribution < -0.4 is 0 Å². The number of benzene rings is 5. The highest BCUT2D eigenvalue weighted by molar-refractivity contribution is 6.12. The number of fused-ring (bicyclic) bond motifs is 3. The Morgan fingerprint density at radius 2 is 1.27 bits per heavy atom. The van der Waals surface area contributed by atoms with Gasteiger partial charge in [0.25, 0.3) is 0 Å². The van der Waals surface area contributed by atoms with Crippen LogP contribution in [0.2, 0.25) is 0 Å². The first-order valence-corrected chi connectivity index (χ1v) is 18.6. The normalized spacial score (nSPS) is 16.4. The van der Waals surface area contributed by atoms with E-state index in [0.717, 1.165) is 86.7 Å². The lowest BCUT2D eigenvalue weighted by Crippen LogP contribution is -2.20. The molecule has 0 N–H and O–H groups in total. The molecule has 2 heteroatoms. The molecule has 1 aliphatic rings. The zero-order chi connectivity index (χ0) is 37.9. The monoisotopic (exact) mass is 670 g/mol. The van der Waals surface area contributed by atoms with Crippen molar-refractivity contribution in [2.45, 2.75) is 85.0 Å². The summed E-state index contributed by atoms with van der Waals surface area (Å²) in [7, 11) is 0. The Kier molecular flexibility index (Phi) is 7.76. The van der Waals surface area contributed by atoms with Crippen LogP contribution in [-0.4, -0.2) is 4.98 Å². The molecule has 0 unspecified atom stereocenters. The van der Waals surface area contributed by atoms with E-state index in [1.807, 2.05) is 24.4 Å². The average molecular weight is 671 g/mol. The van der Waals surface area contributed by atoms with Crippen molar-refractivity contribution >= 4 is 21.9 Å². The molecule has 2 aromatic heterocycles. The van der Waals surface area contributed by atoms with E-state index in [9.17, 15) is 4.11 Å². The first kappa shape index (κ1) is 29.7. The number of nitrogens with zero attached hydrogens (tertiary/aromatic N) is 1. The number of hydrogen-bond donors (Lipinski definition) is 0. The molecular weight excluding hydrogens is 619 g/mol. The molecular formula is C49H49NO. The summed E-state index contributed by atoms with van der Waals surface area (Å²) in [5, 5.41) is 2.15. The van der Waals surface area contributed by atoms with Crippen LogP contribution in [0, 0.1) is 5.41 Å². The SMILES string of the molecule is [2H]c1cc(C2([2H])CCC(C)(C)CC2)cc([2H])c1-c1cc(C(C)C)c(-c2ccnc(-c3cccc4c3oc3c(-c5ccccc5)cccc34)c2)c(C(C)C)c1. The van der Waals surface area contributed by atoms with Gasteiger partial charge < -0.3 is 4.42 Å². The first-order chi connectivity index (χ1) is 25.8. The van der Waals surface area contributed by atoms with Crippen LogP contribution in [0.1, 0.15) is 106 Å². The van der Waals surface area contributed by atoms with Gasteiger partial charge in [0.15, 0.2) is 0 Å². The van der Waals surface area contributed by atoms with Crippen molar-refractivity contribution in [1.29, 1.82) is 0 Å². The molecule has 1 saturated carbocycles. The molecule has 0 atom stereocenters. The largest absolute Gasteiger partial charge is 0.455 e. The summed E-state index contributed by atoms with van der Waals surface area (Å²) in [5.74, 6) is -0.367. The Balaban J connectivity index is 1.24. The highest BCUT2D eigenvalue weighted by Gasteiger charge is 2.28. The minimum absolute atomic E-state index is 0.189. The van der Waals surface area contributed by atoms with Crippen LogP contribution in [0.3, 0.4) is 0 Å². The van der Waals surface area contributed by atoms with Gasteiger partial charge in [0.05, 0.1) is 8.44 Å². The Morgan fingerprint density at radius 1 is 0.667 bits per heavy atom. The van der Waals surface area contributed by atoms with E-state index in [2.05, 4.69) is 126 Å². The fourth-order valence-electron chi connectivity index (χ4n) is 7.95. The Morgan fingerprint density at radius 3 is 1.90 bits per heavy atom. The first-order valence-electron chi connectivity index (χ1n) is 20.1. The quantitative estimate of drug-likeness (QED) is 0.169. The third-order valence-electron chi connectivity index (χ3n) is 11.0. The molecule has 0 amide bonds. The predicted octanol–water partition coefficient (Wildman–Crippen LogP) is 14.6. The molecule has 7 aromatic rings. The maximum atomic E-state index is 9.33. The van der Waals surface area contributed by atoms with Gasteiger partial charge in [-0.3, -0.25) is 4.98 Å². The van der Waals surface area contributed by atoms with E-state index in [1.54, 1.807) is 0 Å². The number of para-hydroxylation sites is 2. The summed E-state index contributed by atoms with van der Waals surface area (Å²) < 4.78 is 34.5. The van der Waals surface area contributed by atoms with Crippen LogP contribution in [0.25, 0.3) is 66.6 Å². The highest BCUT2D eigenvalue weighted by Crippen LogP contribution is 2.45. The van der Waals surface area contributed by atoms with Crippen LogP contribution in [0.4, 0.5) is 0 Å². The van der Waals surface area contributed by atoms with Gasteiger partial charge in [0.2, 0.25) is 0 Å². The van der Waals surface area contributed by atoms with Crippen molar-refractivity contribution in [3.8, 4) is 44.6 Å². The molecule has 0 saturated heterocycles. The number of aromatic nitrogens is 1. The summed E-state index contributed by atoms with van der Waals surface area (Å²) in [5.41, 5.74) is 12.9. The van der Waals surface area contributed by atoms with Crippen LogP contribution in [-0.2, 0) is 0 Å². The third kappa shape index (κ3) is 6.31. The smallest absolute Gasteiger partial charge is 0.144 e. The maximum absolute atomic E-state index is 9.33. The molecule has 2 nitrogen and oxygen atoms in total. The van der Waals surface area contributed by atoms with Crippen LogP contribution in [0.15, 0.2) is 126 Å². The van der Waals surface area contributed by atoms with Gasteiger partial charge in [-0.1, -0.05) is 139 Å². The van der Waals surface area contributed by atoms with E-state index in [0.29, 0.717) is 17.6 Å². The van der Waals surface area contributed by atoms with E-state index in [4.69, 9.17) is 9.40 Å². The molecule has 256 valence electrons. The molecule has 8 rings (SSSR count). The lowest BCUT2D eigenvalue weighted by Gasteiger charge is -2.34. The molecule has 2 heterocycles. The zero-order valence-corrected chi connectivity index (χ0v) is 30.7. The maximum Gasteiger partial charge on any atom is 0.144 e. The standard InChI is InChI=1S/C49H49NO/c1-31(2)43-28-38(34-20-18-33(19-21-34)35-22-25-49(5,6)26-23-35)29-44(32(3)4)46(43)37-24-27-50-45(30-37)42-17-11-16-41-40-15-10-14-39(47(40)51-48(41)42)36-12-8-7-9-13-36/h7-21,24,27-32,35H,22-23,25-26H2,1-6H3/i20D,21D,35D. The van der Waals surface area contributed by atoms with Gasteiger partial charge in [0, 0.05) is 29.5 Å². The van der Waals surface area contributed by atoms with Gasteiger partial charge in [-0.25, -0.2) is 0 Å². The minimum atomic E-state index is -0.744. The average Bonchev–Trinajstić information content (AvgIpc) is 3.55. The summed E-state index contributed by atoms with van der Waals surface area (Å²) in [4.78, 5) is 4.91. The number of furan rings is 1. The number of pyridine rings is 1. The lowest BCUT2D eigenvalue weighted by molar-refractivity contribution is 0.224. The van der Waals surface area contributed by atoms with Crippen molar-refractivity contribution in [2.24, 2.45) is 5.41 Å². The summed E-state index contributed by atoms with van der Waals surface area (Å²) in [6, 6.07) is 36.1. The molecule has 1 fully saturated rings. The van der Waals surface area contributed by atoms with Gasteiger partial charge in [-0.2, -0.15) is 0 Å². The second kappa shape index (κ2) is 13.3. The fourth-order valence-corrected chi connectivity index (χ4v) is 7.95. The Labute approximate surface area is 307 Å². The topological polar surface area (TPSA) is 26.0 Å². The van der Waals surface area contributed by atoms with Crippen LogP contribution in [0.5, 0.6) is 0 Å². The van der Waals surface area contributed by atoms with Crippen molar-refractivity contribution in [3.63, 3.8) is 0 Å². The Hall–Kier alpha value is -4.95. The zero-order valence-electron chi connectivity index (χ0n) is 33.7. The van der Waals surface area contributed by atoms with Gasteiger partial charge in [0.1, 0.15) is 11.2 Å². The van der Waals surface area contributed by atoms with Crippen molar-refractivity contribution < 1.29 is 8.53 Å². The Bertz CT molecular complexity index is 2460. The molecule has 0 bridgehead atoms. The van der Waals surface area contributed by atoms with Crippen LogP contribution >= 0.6 is 0 Å². The molecule has 51 heavy (non-hydrogen) atoms. The number of hydrogen-bond acceptors (Lipinski definition) is 2. The fraction of sp³-hybridized carbons (Fsp3) is 0.286. The molecule has 1 aliphatic carbocycles. The van der Waals surface area contributed by atoms with Crippen molar-refractivity contribution in [1.82, 2.24) is 4.98 Å². The van der Waals surface area contributed by atoms with E-state index >= 15 is 0 Å². The highest BCUT2D eigenvalue weighted by atomic mass is 16.3. The van der Waals surface area contributed by atoms with Crippen molar-refractivity contribution in [3.05, 3.63) is 138 Å². The summed E-state index contributed by atoms with van der Waals surface area (Å²) >= 11 is 0. The van der Waals surface area contributed by atoms with Gasteiger partial charge >= 0.3 is 0 Å². The molecule has 0 spiro atoms. The van der Waals surface area contributed by atoms with Crippen molar-refractivity contribution in [2.75, 3.05) is 0 Å². The lowest BCUT2D eigenvalue weighted by atomic mass is 9.71. The summed E-state index contributed by atoms with van der Waals surface area (Å²) in [6.07, 6.45) is 5.38. The third-order valence-corrected chi connectivity index (χ3v) is 11.0. The molecule has 0 radical (unpaired) electrons. The van der Waals surface area contributed by atoms with E-state index in [-0.39, 0.29) is 17.3 Å². The minimum Gasteiger partial charge on any atom is -0.455 e. The second-order valence-electron chi connectivity index (χ2n) is 15.8. The van der Waals surface area contributed by atoms with E-state index < -0.39 is 5.89 Å². The van der Waals surface area contributed by atoms with Gasteiger partial charge in [-0.05, 0) is 112 Å². The second-order valence-corrected chi connectivity index (χ2v) is 15.8. The molecule has 5 aromatic carbocycles. The summed E-state index contributed by atoms with van der Waals surface area (Å²) in [6.45, 7) is 13.4. The van der Waals surface area contributed by atoms with E-state index in [1.165, 1.54) is 16.7 Å². The molecule has 0 aliphatic heterocycles.